The fourth-order valence-electron chi connectivity index (χ4n) is 1.81. The number of hydrogen-bond acceptors (Lipinski definition) is 5. The van der Waals surface area contributed by atoms with Gasteiger partial charge < -0.3 is 10.2 Å². The van der Waals surface area contributed by atoms with Crippen molar-refractivity contribution in [1.29, 1.82) is 0 Å². The van der Waals surface area contributed by atoms with Gasteiger partial charge in [-0.25, -0.2) is 4.98 Å². The van der Waals surface area contributed by atoms with E-state index in [9.17, 15) is 0 Å². The number of nitrogens with zero attached hydrogens (tertiary/aromatic N) is 3. The van der Waals surface area contributed by atoms with Crippen molar-refractivity contribution in [2.45, 2.75) is 26.4 Å². The Hall–Kier alpha value is -0.490. The fraction of sp³-hybridized carbons (Fsp3) is 0.769. The smallest absolute Gasteiger partial charge is 0.107 e. The van der Waals surface area contributed by atoms with E-state index in [4.69, 9.17) is 0 Å². The first-order valence-corrected chi connectivity index (χ1v) is 7.48. The highest BCUT2D eigenvalue weighted by Crippen LogP contribution is 2.11. The monoisotopic (exact) mass is 270 g/mol. The third-order valence-electron chi connectivity index (χ3n) is 2.72. The Morgan fingerprint density at radius 1 is 1.28 bits per heavy atom. The van der Waals surface area contributed by atoms with Gasteiger partial charge in [0.15, 0.2) is 0 Å². The van der Waals surface area contributed by atoms with E-state index in [0.29, 0.717) is 0 Å². The molecule has 0 unspecified atom stereocenters. The highest BCUT2D eigenvalue weighted by molar-refractivity contribution is 7.09. The van der Waals surface area contributed by atoms with Gasteiger partial charge in [-0.3, -0.25) is 4.90 Å². The van der Waals surface area contributed by atoms with Gasteiger partial charge in [-0.2, -0.15) is 0 Å². The first-order chi connectivity index (χ1) is 8.65. The Morgan fingerprint density at radius 3 is 2.67 bits per heavy atom. The SMILES string of the molecule is CCCN(CCN(C)C)Cc1csc(CNC)n1. The van der Waals surface area contributed by atoms with Crippen molar-refractivity contribution < 1.29 is 0 Å². The summed E-state index contributed by atoms with van der Waals surface area (Å²) in [6.45, 7) is 7.44. The zero-order valence-corrected chi connectivity index (χ0v) is 12.9. The lowest BCUT2D eigenvalue weighted by Crippen LogP contribution is -2.32. The predicted octanol–water partition coefficient (Wildman–Crippen LogP) is 1.64. The molecule has 0 radical (unpaired) electrons. The van der Waals surface area contributed by atoms with Crippen LogP contribution in [0, 0.1) is 0 Å². The summed E-state index contributed by atoms with van der Waals surface area (Å²) in [5.74, 6) is 0. The van der Waals surface area contributed by atoms with Crippen LogP contribution in [0.25, 0.3) is 0 Å². The number of nitrogens with one attached hydrogen (secondary N) is 1. The molecule has 0 bridgehead atoms. The second kappa shape index (κ2) is 8.58. The van der Waals surface area contributed by atoms with Gasteiger partial charge >= 0.3 is 0 Å². The average molecular weight is 270 g/mol. The molecule has 0 aromatic carbocycles. The predicted molar refractivity (Wildman–Crippen MR) is 79.0 cm³/mol. The third-order valence-corrected chi connectivity index (χ3v) is 3.61. The van der Waals surface area contributed by atoms with Crippen LogP contribution in [0.15, 0.2) is 5.38 Å². The number of aromatic nitrogens is 1. The van der Waals surface area contributed by atoms with Crippen molar-refractivity contribution in [3.63, 3.8) is 0 Å². The van der Waals surface area contributed by atoms with Crippen LogP contribution in [0.2, 0.25) is 0 Å². The Morgan fingerprint density at radius 2 is 2.06 bits per heavy atom. The summed E-state index contributed by atoms with van der Waals surface area (Å²) >= 11 is 1.75. The first-order valence-electron chi connectivity index (χ1n) is 6.60. The molecule has 0 fully saturated rings. The summed E-state index contributed by atoms with van der Waals surface area (Å²) in [4.78, 5) is 9.37. The maximum atomic E-state index is 4.65. The highest BCUT2D eigenvalue weighted by Gasteiger charge is 2.08. The number of thiazole rings is 1. The molecule has 0 spiro atoms. The van der Waals surface area contributed by atoms with Crippen LogP contribution in [0.5, 0.6) is 0 Å². The first kappa shape index (κ1) is 15.6. The van der Waals surface area contributed by atoms with E-state index >= 15 is 0 Å². The minimum atomic E-state index is 0.871. The van der Waals surface area contributed by atoms with Crippen LogP contribution in [0.4, 0.5) is 0 Å². The van der Waals surface area contributed by atoms with Crippen LogP contribution in [-0.2, 0) is 13.1 Å². The minimum Gasteiger partial charge on any atom is -0.314 e. The normalized spacial score (nSPS) is 11.7. The van der Waals surface area contributed by atoms with Gasteiger partial charge in [0, 0.05) is 31.6 Å². The average Bonchev–Trinajstić information content (AvgIpc) is 2.74. The zero-order valence-electron chi connectivity index (χ0n) is 12.1. The van der Waals surface area contributed by atoms with Gasteiger partial charge in [-0.15, -0.1) is 11.3 Å². The van der Waals surface area contributed by atoms with Crippen molar-refractivity contribution in [1.82, 2.24) is 20.1 Å². The highest BCUT2D eigenvalue weighted by atomic mass is 32.1. The van der Waals surface area contributed by atoms with E-state index in [-0.39, 0.29) is 0 Å². The topological polar surface area (TPSA) is 31.4 Å². The quantitative estimate of drug-likeness (QED) is 0.739. The van der Waals surface area contributed by atoms with E-state index < -0.39 is 0 Å². The van der Waals surface area contributed by atoms with Crippen LogP contribution in [0.3, 0.4) is 0 Å². The molecule has 1 heterocycles. The molecule has 1 N–H and O–H groups in total. The Kier molecular flexibility index (Phi) is 7.42. The summed E-state index contributed by atoms with van der Waals surface area (Å²) in [5.41, 5.74) is 1.21. The number of hydrogen-bond donors (Lipinski definition) is 1. The van der Waals surface area contributed by atoms with Crippen molar-refractivity contribution in [3.8, 4) is 0 Å². The summed E-state index contributed by atoms with van der Waals surface area (Å²) in [6, 6.07) is 0. The van der Waals surface area contributed by atoms with Crippen molar-refractivity contribution in [2.24, 2.45) is 0 Å². The molecule has 18 heavy (non-hydrogen) atoms. The second-order valence-corrected chi connectivity index (χ2v) is 5.78. The third kappa shape index (κ3) is 5.91. The van der Waals surface area contributed by atoms with Gasteiger partial charge in [-0.05, 0) is 34.1 Å². The van der Waals surface area contributed by atoms with Crippen LogP contribution >= 0.6 is 11.3 Å². The lowest BCUT2D eigenvalue weighted by molar-refractivity contribution is 0.232. The van der Waals surface area contributed by atoms with Crippen LogP contribution in [-0.4, -0.2) is 55.6 Å². The summed E-state index contributed by atoms with van der Waals surface area (Å²) in [5, 5.41) is 6.51. The molecule has 0 aliphatic heterocycles. The molecule has 1 aromatic heterocycles. The summed E-state index contributed by atoms with van der Waals surface area (Å²) in [7, 11) is 6.21. The lowest BCUT2D eigenvalue weighted by Gasteiger charge is -2.22. The Balaban J connectivity index is 2.47. The molecule has 4 nitrogen and oxygen atoms in total. The van der Waals surface area contributed by atoms with E-state index in [1.807, 2.05) is 7.05 Å². The maximum absolute atomic E-state index is 4.65. The molecule has 5 heteroatoms. The van der Waals surface area contributed by atoms with E-state index in [0.717, 1.165) is 32.7 Å². The molecule has 0 atom stereocenters. The maximum Gasteiger partial charge on any atom is 0.107 e. The molecule has 0 aliphatic carbocycles. The molecular weight excluding hydrogens is 244 g/mol. The van der Waals surface area contributed by atoms with E-state index in [1.54, 1.807) is 11.3 Å². The summed E-state index contributed by atoms with van der Waals surface area (Å²) in [6.07, 6.45) is 1.20. The largest absolute Gasteiger partial charge is 0.314 e. The van der Waals surface area contributed by atoms with Crippen molar-refractivity contribution in [3.05, 3.63) is 16.1 Å². The van der Waals surface area contributed by atoms with Gasteiger partial charge in [0.05, 0.1) is 5.69 Å². The minimum absolute atomic E-state index is 0.871. The molecule has 104 valence electrons. The van der Waals surface area contributed by atoms with Gasteiger partial charge in [0.1, 0.15) is 5.01 Å². The second-order valence-electron chi connectivity index (χ2n) is 4.84. The zero-order chi connectivity index (χ0) is 13.4. The van der Waals surface area contributed by atoms with Crippen molar-refractivity contribution in [2.75, 3.05) is 40.8 Å². The molecule has 0 saturated heterocycles. The fourth-order valence-corrected chi connectivity index (χ4v) is 2.61. The molecule has 0 amide bonds. The van der Waals surface area contributed by atoms with E-state index in [2.05, 4.69) is 46.5 Å². The Bertz CT molecular complexity index is 325. The number of likely N-dealkylation sites (N-methyl/N-ethyl adjacent to an activating group) is 1. The molecule has 0 aliphatic rings. The number of rotatable bonds is 9. The summed E-state index contributed by atoms with van der Waals surface area (Å²) < 4.78 is 0. The molecule has 1 aromatic rings. The van der Waals surface area contributed by atoms with Crippen LogP contribution in [0.1, 0.15) is 24.0 Å². The molecule has 0 saturated carbocycles. The van der Waals surface area contributed by atoms with E-state index in [1.165, 1.54) is 17.1 Å². The Labute approximate surface area is 115 Å². The van der Waals surface area contributed by atoms with Gasteiger partial charge in [-0.1, -0.05) is 6.92 Å². The van der Waals surface area contributed by atoms with Crippen LogP contribution < -0.4 is 5.32 Å². The molecule has 1 rings (SSSR count). The van der Waals surface area contributed by atoms with Gasteiger partial charge in [0.25, 0.3) is 0 Å². The molecular formula is C13H26N4S. The lowest BCUT2D eigenvalue weighted by atomic mass is 10.3. The standard InChI is InChI=1S/C13H26N4S/c1-5-6-17(8-7-16(3)4)10-12-11-18-13(15-12)9-14-2/h11,14H,5-10H2,1-4H3. The van der Waals surface area contributed by atoms with Crippen molar-refractivity contribution >= 4 is 11.3 Å². The van der Waals surface area contributed by atoms with Gasteiger partial charge in [0.2, 0.25) is 0 Å².